The van der Waals surface area contributed by atoms with Crippen molar-refractivity contribution in [1.29, 1.82) is 0 Å². The molecule has 0 bridgehead atoms. The molecule has 1 aromatic rings. The number of esters is 1. The van der Waals surface area contributed by atoms with Crippen molar-refractivity contribution in [1.82, 2.24) is 5.32 Å². The van der Waals surface area contributed by atoms with Gasteiger partial charge in [0.1, 0.15) is 5.82 Å². The van der Waals surface area contributed by atoms with E-state index < -0.39 is 12.1 Å². The molecule has 0 saturated heterocycles. The molecule has 0 aliphatic carbocycles. The molecule has 0 fully saturated rings. The average molecular weight is 283 g/mol. The Kier molecular flexibility index (Phi) is 7.18. The van der Waals surface area contributed by atoms with Crippen molar-refractivity contribution >= 4 is 5.97 Å². The van der Waals surface area contributed by atoms with E-state index in [2.05, 4.69) is 5.32 Å². The van der Waals surface area contributed by atoms with Gasteiger partial charge in [0.15, 0.2) is 0 Å². The topological polar surface area (TPSA) is 58.6 Å². The standard InChI is InChI=1S/C15H22FNO3/c1-3-20-15(19)9-14(18)10-17-7-6-12-4-5-13(16)8-11(12)2/h4-5,8,14,17-18H,3,6-7,9-10H2,1-2H3. The SMILES string of the molecule is CCOC(=O)CC(O)CNCCc1ccc(F)cc1C. The number of halogens is 1. The second-order valence-electron chi connectivity index (χ2n) is 4.69. The van der Waals surface area contributed by atoms with Gasteiger partial charge in [0, 0.05) is 6.54 Å². The smallest absolute Gasteiger partial charge is 0.308 e. The Morgan fingerprint density at radius 3 is 2.90 bits per heavy atom. The molecule has 0 aliphatic rings. The molecule has 0 aliphatic heterocycles. The van der Waals surface area contributed by atoms with Gasteiger partial charge in [-0.2, -0.15) is 0 Å². The van der Waals surface area contributed by atoms with Crippen molar-refractivity contribution < 1.29 is 19.0 Å². The third-order valence-corrected chi connectivity index (χ3v) is 2.96. The van der Waals surface area contributed by atoms with Crippen LogP contribution >= 0.6 is 0 Å². The van der Waals surface area contributed by atoms with E-state index in [-0.39, 0.29) is 12.2 Å². The number of rotatable bonds is 8. The van der Waals surface area contributed by atoms with Gasteiger partial charge in [-0.3, -0.25) is 4.79 Å². The first kappa shape index (κ1) is 16.6. The van der Waals surface area contributed by atoms with E-state index in [0.29, 0.717) is 19.7 Å². The molecule has 1 unspecified atom stereocenters. The van der Waals surface area contributed by atoms with E-state index in [1.54, 1.807) is 13.0 Å². The maximum absolute atomic E-state index is 12.9. The fraction of sp³-hybridized carbons (Fsp3) is 0.533. The minimum Gasteiger partial charge on any atom is -0.466 e. The highest BCUT2D eigenvalue weighted by Gasteiger charge is 2.10. The molecule has 1 rings (SSSR count). The Labute approximate surface area is 119 Å². The number of benzene rings is 1. The van der Waals surface area contributed by atoms with Crippen molar-refractivity contribution in [2.45, 2.75) is 32.8 Å². The van der Waals surface area contributed by atoms with Crippen molar-refractivity contribution in [3.05, 3.63) is 35.1 Å². The fourth-order valence-corrected chi connectivity index (χ4v) is 1.92. The van der Waals surface area contributed by atoms with Gasteiger partial charge < -0.3 is 15.2 Å². The minimum absolute atomic E-state index is 0.00356. The summed E-state index contributed by atoms with van der Waals surface area (Å²) in [7, 11) is 0. The number of aryl methyl sites for hydroxylation is 1. The van der Waals surface area contributed by atoms with Crippen LogP contribution in [0.2, 0.25) is 0 Å². The summed E-state index contributed by atoms with van der Waals surface area (Å²) in [5, 5.41) is 12.7. The van der Waals surface area contributed by atoms with E-state index in [4.69, 9.17) is 4.74 Å². The van der Waals surface area contributed by atoms with E-state index in [1.807, 2.05) is 6.92 Å². The van der Waals surface area contributed by atoms with Gasteiger partial charge in [-0.25, -0.2) is 4.39 Å². The monoisotopic (exact) mass is 283 g/mol. The zero-order chi connectivity index (χ0) is 15.0. The Balaban J connectivity index is 2.22. The molecule has 1 atom stereocenters. The first-order valence-corrected chi connectivity index (χ1v) is 6.82. The number of hydrogen-bond donors (Lipinski definition) is 2. The molecule has 4 nitrogen and oxygen atoms in total. The number of carbonyl (C=O) groups is 1. The van der Waals surface area contributed by atoms with Crippen LogP contribution in [0.15, 0.2) is 18.2 Å². The summed E-state index contributed by atoms with van der Waals surface area (Å²) in [6, 6.07) is 4.71. The second-order valence-corrected chi connectivity index (χ2v) is 4.69. The molecular formula is C15H22FNO3. The average Bonchev–Trinajstić information content (AvgIpc) is 2.36. The molecule has 0 radical (unpaired) electrons. The molecule has 0 spiro atoms. The maximum atomic E-state index is 12.9. The van der Waals surface area contributed by atoms with Gasteiger partial charge in [-0.15, -0.1) is 0 Å². The molecule has 0 amide bonds. The predicted molar refractivity (Wildman–Crippen MR) is 75.0 cm³/mol. The zero-order valence-corrected chi connectivity index (χ0v) is 12.0. The first-order valence-electron chi connectivity index (χ1n) is 6.82. The number of aliphatic hydroxyl groups excluding tert-OH is 1. The minimum atomic E-state index is -0.747. The van der Waals surface area contributed by atoms with Crippen LogP contribution in [0.3, 0.4) is 0 Å². The van der Waals surface area contributed by atoms with E-state index in [9.17, 15) is 14.3 Å². The number of carbonyl (C=O) groups excluding carboxylic acids is 1. The number of ether oxygens (including phenoxy) is 1. The lowest BCUT2D eigenvalue weighted by Crippen LogP contribution is -2.30. The summed E-state index contributed by atoms with van der Waals surface area (Å²) < 4.78 is 17.7. The summed E-state index contributed by atoms with van der Waals surface area (Å²) in [4.78, 5) is 11.1. The maximum Gasteiger partial charge on any atom is 0.308 e. The summed E-state index contributed by atoms with van der Waals surface area (Å²) in [5.41, 5.74) is 1.98. The molecule has 0 saturated carbocycles. The zero-order valence-electron chi connectivity index (χ0n) is 12.0. The van der Waals surface area contributed by atoms with Gasteiger partial charge >= 0.3 is 5.97 Å². The molecule has 5 heteroatoms. The molecule has 20 heavy (non-hydrogen) atoms. The largest absolute Gasteiger partial charge is 0.466 e. The van der Waals surface area contributed by atoms with Gasteiger partial charge in [0.2, 0.25) is 0 Å². The Bertz CT molecular complexity index is 437. The van der Waals surface area contributed by atoms with Crippen molar-refractivity contribution in [3.63, 3.8) is 0 Å². The molecule has 112 valence electrons. The lowest BCUT2D eigenvalue weighted by atomic mass is 10.1. The highest BCUT2D eigenvalue weighted by Crippen LogP contribution is 2.10. The van der Waals surface area contributed by atoms with Crippen LogP contribution < -0.4 is 5.32 Å². The molecule has 1 aromatic carbocycles. The number of aliphatic hydroxyl groups is 1. The predicted octanol–water partition coefficient (Wildman–Crippen LogP) is 1.58. The number of nitrogens with one attached hydrogen (secondary N) is 1. The van der Waals surface area contributed by atoms with Gasteiger partial charge in [-0.1, -0.05) is 6.07 Å². The van der Waals surface area contributed by atoms with Crippen LogP contribution in [0.1, 0.15) is 24.5 Å². The van der Waals surface area contributed by atoms with Crippen LogP contribution in [0, 0.1) is 12.7 Å². The summed E-state index contributed by atoms with van der Waals surface area (Å²) in [6.45, 7) is 4.91. The van der Waals surface area contributed by atoms with E-state index in [0.717, 1.165) is 17.5 Å². The normalized spacial score (nSPS) is 12.2. The van der Waals surface area contributed by atoms with Gasteiger partial charge in [0.05, 0.1) is 19.1 Å². The summed E-state index contributed by atoms with van der Waals surface area (Å²) in [5.74, 6) is -0.625. The van der Waals surface area contributed by atoms with Crippen LogP contribution in [-0.4, -0.2) is 36.9 Å². The van der Waals surface area contributed by atoms with Crippen LogP contribution in [0.25, 0.3) is 0 Å². The highest BCUT2D eigenvalue weighted by atomic mass is 19.1. The molecule has 0 aromatic heterocycles. The highest BCUT2D eigenvalue weighted by molar-refractivity contribution is 5.69. The van der Waals surface area contributed by atoms with Crippen LogP contribution in [0.5, 0.6) is 0 Å². The second kappa shape index (κ2) is 8.66. The quantitative estimate of drug-likeness (QED) is 0.562. The van der Waals surface area contributed by atoms with Crippen molar-refractivity contribution in [2.24, 2.45) is 0 Å². The lowest BCUT2D eigenvalue weighted by molar-refractivity contribution is -0.145. The van der Waals surface area contributed by atoms with Crippen molar-refractivity contribution in [3.8, 4) is 0 Å². The van der Waals surface area contributed by atoms with Gasteiger partial charge in [-0.05, 0) is 50.1 Å². The van der Waals surface area contributed by atoms with Crippen LogP contribution in [-0.2, 0) is 16.0 Å². The Morgan fingerprint density at radius 2 is 2.25 bits per heavy atom. The summed E-state index contributed by atoms with van der Waals surface area (Å²) >= 11 is 0. The summed E-state index contributed by atoms with van der Waals surface area (Å²) in [6.07, 6.45) is -0.00219. The lowest BCUT2D eigenvalue weighted by Gasteiger charge is -2.12. The fourth-order valence-electron chi connectivity index (χ4n) is 1.92. The molecule has 2 N–H and O–H groups in total. The van der Waals surface area contributed by atoms with Crippen molar-refractivity contribution in [2.75, 3.05) is 19.7 Å². The van der Waals surface area contributed by atoms with Crippen LogP contribution in [0.4, 0.5) is 4.39 Å². The Morgan fingerprint density at radius 1 is 1.50 bits per heavy atom. The third kappa shape index (κ3) is 6.12. The first-order chi connectivity index (χ1) is 9.52. The third-order valence-electron chi connectivity index (χ3n) is 2.96. The molecular weight excluding hydrogens is 261 g/mol. The number of hydrogen-bond acceptors (Lipinski definition) is 4. The van der Waals surface area contributed by atoms with Gasteiger partial charge in [0.25, 0.3) is 0 Å². The molecule has 0 heterocycles. The van der Waals surface area contributed by atoms with E-state index in [1.165, 1.54) is 12.1 Å². The Hall–Kier alpha value is -1.46. The van der Waals surface area contributed by atoms with E-state index >= 15 is 0 Å².